The molecule has 0 atom stereocenters. The van der Waals surface area contributed by atoms with Gasteiger partial charge in [0.2, 0.25) is 5.89 Å². The van der Waals surface area contributed by atoms with Crippen LogP contribution < -0.4 is 5.32 Å². The van der Waals surface area contributed by atoms with E-state index in [1.807, 2.05) is 13.8 Å². The van der Waals surface area contributed by atoms with Crippen molar-refractivity contribution in [2.75, 3.05) is 19.6 Å². The second kappa shape index (κ2) is 5.41. The van der Waals surface area contributed by atoms with Gasteiger partial charge in [0.15, 0.2) is 0 Å². The number of hydrogen-bond acceptors (Lipinski definition) is 4. The maximum atomic E-state index is 5.68. The normalized spacial score (nSPS) is 20.2. The van der Waals surface area contributed by atoms with Gasteiger partial charge in [0, 0.05) is 25.2 Å². The Bertz CT molecular complexity index is 376. The Morgan fingerprint density at radius 1 is 1.33 bits per heavy atom. The fourth-order valence-corrected chi connectivity index (χ4v) is 2.70. The lowest BCUT2D eigenvalue weighted by Gasteiger charge is -2.42. The van der Waals surface area contributed by atoms with Gasteiger partial charge < -0.3 is 9.73 Å². The predicted molar refractivity (Wildman–Crippen MR) is 72.6 cm³/mol. The maximum Gasteiger partial charge on any atom is 0.208 e. The fraction of sp³-hybridized carbons (Fsp3) is 0.786. The van der Waals surface area contributed by atoms with Crippen LogP contribution in [0.3, 0.4) is 0 Å². The molecule has 1 saturated heterocycles. The molecule has 0 aliphatic carbocycles. The smallest absolute Gasteiger partial charge is 0.208 e. The first-order chi connectivity index (χ1) is 8.58. The van der Waals surface area contributed by atoms with Crippen LogP contribution in [0.2, 0.25) is 0 Å². The molecule has 0 unspecified atom stereocenters. The Hall–Kier alpha value is -0.870. The van der Waals surface area contributed by atoms with Crippen LogP contribution in [-0.4, -0.2) is 35.1 Å². The number of nitrogens with one attached hydrogen (secondary N) is 1. The van der Waals surface area contributed by atoms with Gasteiger partial charge >= 0.3 is 0 Å². The van der Waals surface area contributed by atoms with Crippen LogP contribution >= 0.6 is 0 Å². The number of hydrogen-bond donors (Lipinski definition) is 1. The third-order valence-electron chi connectivity index (χ3n) is 4.24. The molecule has 0 spiro atoms. The van der Waals surface area contributed by atoms with E-state index in [0.29, 0.717) is 0 Å². The molecule has 2 heterocycles. The summed E-state index contributed by atoms with van der Waals surface area (Å²) in [6.07, 6.45) is 2.34. The Balaban J connectivity index is 2.01. The highest BCUT2D eigenvalue weighted by Crippen LogP contribution is 2.21. The van der Waals surface area contributed by atoms with Crippen LogP contribution in [0.25, 0.3) is 0 Å². The molecule has 1 aromatic heterocycles. The minimum Gasteiger partial charge on any atom is -0.444 e. The first kappa shape index (κ1) is 13.6. The number of aromatic nitrogens is 1. The topological polar surface area (TPSA) is 41.3 Å². The summed E-state index contributed by atoms with van der Waals surface area (Å²) in [5.74, 6) is 1.80. The van der Waals surface area contributed by atoms with E-state index in [-0.39, 0.29) is 5.54 Å². The Morgan fingerprint density at radius 2 is 2.06 bits per heavy atom. The third kappa shape index (κ3) is 2.75. The largest absolute Gasteiger partial charge is 0.444 e. The minimum absolute atomic E-state index is 0.273. The van der Waals surface area contributed by atoms with E-state index < -0.39 is 0 Å². The molecule has 0 saturated carbocycles. The highest BCUT2D eigenvalue weighted by Gasteiger charge is 2.32. The summed E-state index contributed by atoms with van der Waals surface area (Å²) in [5, 5.41) is 3.67. The molecule has 1 fully saturated rings. The lowest BCUT2D eigenvalue weighted by atomic mass is 9.90. The van der Waals surface area contributed by atoms with Gasteiger partial charge in [-0.3, -0.25) is 4.90 Å². The third-order valence-corrected chi connectivity index (χ3v) is 4.24. The summed E-state index contributed by atoms with van der Waals surface area (Å²) in [5.41, 5.74) is 1.28. The van der Waals surface area contributed by atoms with E-state index in [1.54, 1.807) is 0 Å². The van der Waals surface area contributed by atoms with Gasteiger partial charge in [-0.2, -0.15) is 0 Å². The highest BCUT2D eigenvalue weighted by molar-refractivity contribution is 5.05. The summed E-state index contributed by atoms with van der Waals surface area (Å²) in [6.45, 7) is 12.6. The summed E-state index contributed by atoms with van der Waals surface area (Å²) < 4.78 is 5.68. The van der Waals surface area contributed by atoms with Gasteiger partial charge in [0.05, 0.1) is 12.2 Å². The lowest BCUT2D eigenvalue weighted by Crippen LogP contribution is -2.59. The van der Waals surface area contributed by atoms with Crippen LogP contribution in [0.4, 0.5) is 0 Å². The van der Waals surface area contributed by atoms with Crippen LogP contribution in [0.1, 0.15) is 44.0 Å². The zero-order valence-electron chi connectivity index (χ0n) is 12.0. The fourth-order valence-electron chi connectivity index (χ4n) is 2.70. The molecule has 1 aliphatic heterocycles. The van der Waals surface area contributed by atoms with E-state index in [1.165, 1.54) is 12.8 Å². The average molecular weight is 251 g/mol. The van der Waals surface area contributed by atoms with Crippen molar-refractivity contribution in [1.29, 1.82) is 0 Å². The standard InChI is InChI=1S/C14H25N3O/c1-5-14(6-2)10-17(8-7-15-14)9-13-16-11(3)12(4)18-13/h15H,5-10H2,1-4H3. The van der Waals surface area contributed by atoms with Gasteiger partial charge in [0.1, 0.15) is 5.76 Å². The van der Waals surface area contributed by atoms with Crippen molar-refractivity contribution in [2.24, 2.45) is 0 Å². The number of rotatable bonds is 4. The zero-order chi connectivity index (χ0) is 13.2. The summed E-state index contributed by atoms with van der Waals surface area (Å²) in [4.78, 5) is 6.93. The molecule has 102 valence electrons. The molecule has 1 aromatic rings. The Kier molecular flexibility index (Phi) is 4.07. The second-order valence-corrected chi connectivity index (χ2v) is 5.37. The molecular weight excluding hydrogens is 226 g/mol. The Labute approximate surface area is 110 Å². The summed E-state index contributed by atoms with van der Waals surface area (Å²) in [7, 11) is 0. The summed E-state index contributed by atoms with van der Waals surface area (Å²) >= 11 is 0. The van der Waals surface area contributed by atoms with Gasteiger partial charge in [-0.1, -0.05) is 13.8 Å². The monoisotopic (exact) mass is 251 g/mol. The second-order valence-electron chi connectivity index (χ2n) is 5.37. The van der Waals surface area contributed by atoms with Crippen LogP contribution in [0.15, 0.2) is 4.42 Å². The van der Waals surface area contributed by atoms with Crippen molar-refractivity contribution in [1.82, 2.24) is 15.2 Å². The van der Waals surface area contributed by atoms with Crippen molar-refractivity contribution >= 4 is 0 Å². The molecule has 1 N–H and O–H groups in total. The van der Waals surface area contributed by atoms with E-state index in [0.717, 1.165) is 43.5 Å². The van der Waals surface area contributed by atoms with Crippen LogP contribution in [-0.2, 0) is 6.54 Å². The maximum absolute atomic E-state index is 5.68. The molecule has 4 nitrogen and oxygen atoms in total. The van der Waals surface area contributed by atoms with Crippen LogP contribution in [0, 0.1) is 13.8 Å². The van der Waals surface area contributed by atoms with E-state index in [2.05, 4.69) is 29.0 Å². The molecule has 0 bridgehead atoms. The van der Waals surface area contributed by atoms with Gasteiger partial charge in [-0.15, -0.1) is 0 Å². The molecule has 2 rings (SSSR count). The molecule has 0 aromatic carbocycles. The molecule has 1 aliphatic rings. The van der Waals surface area contributed by atoms with E-state index in [4.69, 9.17) is 4.42 Å². The first-order valence-corrected chi connectivity index (χ1v) is 6.99. The highest BCUT2D eigenvalue weighted by atomic mass is 16.4. The first-order valence-electron chi connectivity index (χ1n) is 6.99. The predicted octanol–water partition coefficient (Wildman–Crippen LogP) is 2.26. The number of aryl methyl sites for hydroxylation is 2. The summed E-state index contributed by atoms with van der Waals surface area (Å²) in [6, 6.07) is 0. The van der Waals surface area contributed by atoms with Crippen LogP contribution in [0.5, 0.6) is 0 Å². The van der Waals surface area contributed by atoms with Gasteiger partial charge in [-0.05, 0) is 26.7 Å². The number of nitrogens with zero attached hydrogens (tertiary/aromatic N) is 2. The number of oxazole rings is 1. The SMILES string of the molecule is CCC1(CC)CN(Cc2nc(C)c(C)o2)CCN1. The van der Waals surface area contributed by atoms with Crippen molar-refractivity contribution in [3.63, 3.8) is 0 Å². The van der Waals surface area contributed by atoms with Gasteiger partial charge in [-0.25, -0.2) is 4.98 Å². The zero-order valence-corrected chi connectivity index (χ0v) is 12.0. The van der Waals surface area contributed by atoms with E-state index in [9.17, 15) is 0 Å². The van der Waals surface area contributed by atoms with Crippen molar-refractivity contribution in [3.05, 3.63) is 17.3 Å². The lowest BCUT2D eigenvalue weighted by molar-refractivity contribution is 0.110. The quantitative estimate of drug-likeness (QED) is 0.891. The molecule has 4 heteroatoms. The van der Waals surface area contributed by atoms with Crippen molar-refractivity contribution in [3.8, 4) is 0 Å². The molecule has 18 heavy (non-hydrogen) atoms. The van der Waals surface area contributed by atoms with Crippen molar-refractivity contribution < 1.29 is 4.42 Å². The molecule has 0 amide bonds. The number of piperazine rings is 1. The minimum atomic E-state index is 0.273. The van der Waals surface area contributed by atoms with Crippen molar-refractivity contribution in [2.45, 2.75) is 52.6 Å². The molecular formula is C14H25N3O. The molecule has 0 radical (unpaired) electrons. The van der Waals surface area contributed by atoms with Gasteiger partial charge in [0.25, 0.3) is 0 Å². The van der Waals surface area contributed by atoms with E-state index >= 15 is 0 Å². The Morgan fingerprint density at radius 3 is 2.61 bits per heavy atom. The average Bonchev–Trinajstić information content (AvgIpc) is 2.68.